The van der Waals surface area contributed by atoms with Gasteiger partial charge in [0, 0.05) is 5.56 Å². The lowest BCUT2D eigenvalue weighted by Gasteiger charge is -2.18. The van der Waals surface area contributed by atoms with Crippen LogP contribution in [0.5, 0.6) is 11.5 Å². The van der Waals surface area contributed by atoms with Crippen LogP contribution in [0.15, 0.2) is 70.2 Å². The second kappa shape index (κ2) is 6.64. The number of phenolic OH excluding ortho intramolecular Hbond substituents is 1. The highest BCUT2D eigenvalue weighted by molar-refractivity contribution is 7.91. The Morgan fingerprint density at radius 3 is 2.36 bits per heavy atom. The van der Waals surface area contributed by atoms with Crippen LogP contribution in [0.3, 0.4) is 0 Å². The van der Waals surface area contributed by atoms with Gasteiger partial charge in [0.15, 0.2) is 26.6 Å². The maximum atomic E-state index is 13.3. The number of para-hydroxylation sites is 1. The lowest BCUT2D eigenvalue weighted by Crippen LogP contribution is -2.15. The van der Waals surface area contributed by atoms with Crippen LogP contribution in [-0.2, 0) is 9.84 Å². The summed E-state index contributed by atoms with van der Waals surface area (Å²) in [5.41, 5.74) is 1.16. The molecule has 3 aromatic rings. The molecular formula is C19H18O5S. The zero-order chi connectivity index (χ0) is 18.0. The van der Waals surface area contributed by atoms with Gasteiger partial charge in [0.1, 0.15) is 5.76 Å². The molecule has 0 aliphatic carbocycles. The molecule has 1 N–H and O–H groups in total. The third kappa shape index (κ3) is 3.13. The van der Waals surface area contributed by atoms with E-state index >= 15 is 0 Å². The summed E-state index contributed by atoms with van der Waals surface area (Å²) in [5, 5.41) is 9.30. The number of hydrogen-bond acceptors (Lipinski definition) is 5. The van der Waals surface area contributed by atoms with E-state index in [1.807, 2.05) is 6.92 Å². The Kier molecular flexibility index (Phi) is 4.55. The first-order chi connectivity index (χ1) is 11.9. The van der Waals surface area contributed by atoms with Crippen LogP contribution < -0.4 is 4.74 Å². The van der Waals surface area contributed by atoms with Crippen molar-refractivity contribution < 1.29 is 22.7 Å². The Morgan fingerprint density at radius 2 is 1.76 bits per heavy atom. The fourth-order valence-electron chi connectivity index (χ4n) is 2.69. The van der Waals surface area contributed by atoms with Gasteiger partial charge in [-0.25, -0.2) is 8.42 Å². The number of aromatic hydroxyl groups is 1. The monoisotopic (exact) mass is 358 g/mol. The minimum Gasteiger partial charge on any atom is -0.504 e. The molecule has 0 spiro atoms. The SMILES string of the molecule is COc1cccc(C(c2ccco2)S(=O)(=O)c2ccc(C)cc2)c1O. The first-order valence-electron chi connectivity index (χ1n) is 7.65. The largest absolute Gasteiger partial charge is 0.504 e. The number of ether oxygens (including phenoxy) is 1. The van der Waals surface area contributed by atoms with Crippen LogP contribution in [0.25, 0.3) is 0 Å². The summed E-state index contributed by atoms with van der Waals surface area (Å²) in [7, 11) is -2.44. The second-order valence-electron chi connectivity index (χ2n) is 5.65. The maximum absolute atomic E-state index is 13.3. The molecule has 0 fully saturated rings. The maximum Gasteiger partial charge on any atom is 0.192 e. The van der Waals surface area contributed by atoms with Crippen molar-refractivity contribution >= 4 is 9.84 Å². The van der Waals surface area contributed by atoms with E-state index in [4.69, 9.17) is 9.15 Å². The number of phenols is 1. The van der Waals surface area contributed by atoms with Gasteiger partial charge < -0.3 is 14.3 Å². The molecule has 1 unspecified atom stereocenters. The molecule has 0 aliphatic heterocycles. The Labute approximate surface area is 146 Å². The van der Waals surface area contributed by atoms with Crippen molar-refractivity contribution in [1.29, 1.82) is 0 Å². The number of methoxy groups -OCH3 is 1. The Morgan fingerprint density at radius 1 is 1.04 bits per heavy atom. The minimum atomic E-state index is -3.85. The van der Waals surface area contributed by atoms with Crippen LogP contribution in [0.4, 0.5) is 0 Å². The molecule has 1 heterocycles. The van der Waals surface area contributed by atoms with Crippen molar-refractivity contribution in [2.24, 2.45) is 0 Å². The predicted molar refractivity (Wildman–Crippen MR) is 93.6 cm³/mol. The van der Waals surface area contributed by atoms with E-state index in [-0.39, 0.29) is 27.7 Å². The number of benzene rings is 2. The summed E-state index contributed by atoms with van der Waals surface area (Å²) in [4.78, 5) is 0.154. The van der Waals surface area contributed by atoms with Gasteiger partial charge in [-0.3, -0.25) is 0 Å². The smallest absolute Gasteiger partial charge is 0.192 e. The summed E-state index contributed by atoms with van der Waals surface area (Å²) in [6.07, 6.45) is 1.41. The third-order valence-corrected chi connectivity index (χ3v) is 6.03. The summed E-state index contributed by atoms with van der Waals surface area (Å²) in [5.74, 6) is 0.208. The number of hydrogen-bond donors (Lipinski definition) is 1. The number of furan rings is 1. The highest BCUT2D eigenvalue weighted by Crippen LogP contribution is 2.42. The average Bonchev–Trinajstić information content (AvgIpc) is 3.11. The average molecular weight is 358 g/mol. The molecule has 25 heavy (non-hydrogen) atoms. The summed E-state index contributed by atoms with van der Waals surface area (Å²) >= 11 is 0. The van der Waals surface area contributed by atoms with Crippen LogP contribution in [0.2, 0.25) is 0 Å². The van der Waals surface area contributed by atoms with Crippen molar-refractivity contribution in [2.45, 2.75) is 17.1 Å². The van der Waals surface area contributed by atoms with E-state index in [0.29, 0.717) is 0 Å². The third-order valence-electron chi connectivity index (χ3n) is 3.99. The number of rotatable bonds is 5. The topological polar surface area (TPSA) is 76.7 Å². The van der Waals surface area contributed by atoms with E-state index in [9.17, 15) is 13.5 Å². The normalized spacial score (nSPS) is 12.7. The van der Waals surface area contributed by atoms with Gasteiger partial charge in [0.2, 0.25) is 0 Å². The predicted octanol–water partition coefficient (Wildman–Crippen LogP) is 3.87. The van der Waals surface area contributed by atoms with E-state index < -0.39 is 15.1 Å². The van der Waals surface area contributed by atoms with Crippen molar-refractivity contribution in [3.63, 3.8) is 0 Å². The molecule has 0 bridgehead atoms. The summed E-state index contributed by atoms with van der Waals surface area (Å²) in [6, 6.07) is 14.5. The molecule has 0 amide bonds. The summed E-state index contributed by atoms with van der Waals surface area (Å²) in [6.45, 7) is 1.88. The number of aryl methyl sites for hydroxylation is 1. The number of sulfone groups is 1. The fraction of sp³-hybridized carbons (Fsp3) is 0.158. The minimum absolute atomic E-state index is 0.154. The lowest BCUT2D eigenvalue weighted by molar-refractivity contribution is 0.369. The lowest BCUT2D eigenvalue weighted by atomic mass is 10.1. The molecule has 0 aliphatic rings. The van der Waals surface area contributed by atoms with Gasteiger partial charge >= 0.3 is 0 Å². The fourth-order valence-corrected chi connectivity index (χ4v) is 4.45. The molecule has 2 aromatic carbocycles. The van der Waals surface area contributed by atoms with Crippen molar-refractivity contribution in [1.82, 2.24) is 0 Å². The molecule has 0 saturated carbocycles. The van der Waals surface area contributed by atoms with Gasteiger partial charge in [-0.2, -0.15) is 0 Å². The van der Waals surface area contributed by atoms with E-state index in [0.717, 1.165) is 5.56 Å². The zero-order valence-corrected chi connectivity index (χ0v) is 14.7. The van der Waals surface area contributed by atoms with Gasteiger partial charge in [-0.1, -0.05) is 29.8 Å². The van der Waals surface area contributed by atoms with Crippen LogP contribution in [0, 0.1) is 6.92 Å². The highest BCUT2D eigenvalue weighted by Gasteiger charge is 2.35. The molecule has 1 atom stereocenters. The molecule has 5 nitrogen and oxygen atoms in total. The van der Waals surface area contributed by atoms with Crippen LogP contribution >= 0.6 is 0 Å². The van der Waals surface area contributed by atoms with Crippen LogP contribution in [-0.4, -0.2) is 20.6 Å². The Bertz CT molecular complexity index is 958. The quantitative estimate of drug-likeness (QED) is 0.749. The molecule has 6 heteroatoms. The highest BCUT2D eigenvalue weighted by atomic mass is 32.2. The van der Waals surface area contributed by atoms with E-state index in [2.05, 4.69) is 0 Å². The molecule has 0 saturated heterocycles. The second-order valence-corrected chi connectivity index (χ2v) is 7.68. The van der Waals surface area contributed by atoms with E-state index in [1.165, 1.54) is 13.4 Å². The molecular weight excluding hydrogens is 340 g/mol. The van der Waals surface area contributed by atoms with Crippen LogP contribution in [0.1, 0.15) is 22.1 Å². The molecule has 1 aromatic heterocycles. The van der Waals surface area contributed by atoms with Gasteiger partial charge in [-0.05, 0) is 37.3 Å². The first-order valence-corrected chi connectivity index (χ1v) is 9.19. The Balaban J connectivity index is 2.22. The van der Waals surface area contributed by atoms with E-state index in [1.54, 1.807) is 54.6 Å². The standard InChI is InChI=1S/C19H18O5S/c1-13-8-10-14(11-9-13)25(21,22)19(17-7-4-12-24-17)15-5-3-6-16(23-2)18(15)20/h3-12,19-20H,1-2H3. The van der Waals surface area contributed by atoms with Crippen molar-refractivity contribution in [3.05, 3.63) is 77.7 Å². The Hall–Kier alpha value is -2.73. The van der Waals surface area contributed by atoms with Crippen molar-refractivity contribution in [2.75, 3.05) is 7.11 Å². The molecule has 3 rings (SSSR count). The van der Waals surface area contributed by atoms with Gasteiger partial charge in [-0.15, -0.1) is 0 Å². The zero-order valence-electron chi connectivity index (χ0n) is 13.8. The molecule has 130 valence electrons. The van der Waals surface area contributed by atoms with Gasteiger partial charge in [0.25, 0.3) is 0 Å². The summed E-state index contributed by atoms with van der Waals surface area (Å²) < 4.78 is 37.1. The molecule has 0 radical (unpaired) electrons. The van der Waals surface area contributed by atoms with Gasteiger partial charge in [0.05, 0.1) is 18.3 Å². The first kappa shape index (κ1) is 17.1. The van der Waals surface area contributed by atoms with Crippen molar-refractivity contribution in [3.8, 4) is 11.5 Å².